The SMILES string of the molecule is CC(C)C(O)C1(C)C=CC=CC1C. The molecule has 1 nitrogen and oxygen atoms in total. The Morgan fingerprint density at radius 2 is 1.92 bits per heavy atom. The summed E-state index contributed by atoms with van der Waals surface area (Å²) in [6.07, 6.45) is 8.11. The van der Waals surface area contributed by atoms with Crippen molar-refractivity contribution in [3.63, 3.8) is 0 Å². The van der Waals surface area contributed by atoms with E-state index in [4.69, 9.17) is 0 Å². The van der Waals surface area contributed by atoms with Crippen LogP contribution in [0.3, 0.4) is 0 Å². The molecule has 1 N–H and O–H groups in total. The molecule has 0 spiro atoms. The lowest BCUT2D eigenvalue weighted by atomic mass is 9.68. The Morgan fingerprint density at radius 3 is 2.38 bits per heavy atom. The van der Waals surface area contributed by atoms with Gasteiger partial charge in [-0.3, -0.25) is 0 Å². The van der Waals surface area contributed by atoms with Crippen LogP contribution in [0, 0.1) is 17.3 Å². The zero-order valence-corrected chi connectivity index (χ0v) is 8.99. The number of allylic oxidation sites excluding steroid dienone is 3. The van der Waals surface area contributed by atoms with Crippen LogP contribution >= 0.6 is 0 Å². The van der Waals surface area contributed by atoms with Crippen LogP contribution in [-0.2, 0) is 0 Å². The summed E-state index contributed by atoms with van der Waals surface area (Å²) in [7, 11) is 0. The Kier molecular flexibility index (Phi) is 2.97. The fourth-order valence-electron chi connectivity index (χ4n) is 1.94. The lowest BCUT2D eigenvalue weighted by Crippen LogP contribution is -2.40. The number of hydrogen-bond donors (Lipinski definition) is 1. The second-order valence-electron chi connectivity index (χ2n) is 4.59. The predicted octanol–water partition coefficient (Wildman–Crippen LogP) is 2.77. The first kappa shape index (κ1) is 10.5. The highest BCUT2D eigenvalue weighted by atomic mass is 16.3. The third-order valence-electron chi connectivity index (χ3n) is 3.22. The number of aliphatic hydroxyl groups is 1. The second kappa shape index (κ2) is 3.67. The monoisotopic (exact) mass is 180 g/mol. The normalized spacial score (nSPS) is 35.4. The predicted molar refractivity (Wildman–Crippen MR) is 56.4 cm³/mol. The van der Waals surface area contributed by atoms with Gasteiger partial charge in [0, 0.05) is 5.41 Å². The van der Waals surface area contributed by atoms with E-state index in [1.54, 1.807) is 0 Å². The maximum atomic E-state index is 10.1. The van der Waals surface area contributed by atoms with Gasteiger partial charge < -0.3 is 5.11 Å². The van der Waals surface area contributed by atoms with E-state index in [9.17, 15) is 5.11 Å². The van der Waals surface area contributed by atoms with Crippen LogP contribution < -0.4 is 0 Å². The number of hydrogen-bond acceptors (Lipinski definition) is 1. The highest BCUT2D eigenvalue weighted by molar-refractivity contribution is 5.20. The van der Waals surface area contributed by atoms with Crippen LogP contribution in [0.5, 0.6) is 0 Å². The largest absolute Gasteiger partial charge is 0.392 e. The minimum absolute atomic E-state index is 0.0943. The lowest BCUT2D eigenvalue weighted by molar-refractivity contribution is 0.0102. The molecule has 1 aliphatic rings. The summed E-state index contributed by atoms with van der Waals surface area (Å²) in [4.78, 5) is 0. The minimum atomic E-state index is -0.260. The Bertz CT molecular complexity index is 227. The maximum Gasteiger partial charge on any atom is 0.0656 e. The fraction of sp³-hybridized carbons (Fsp3) is 0.667. The van der Waals surface area contributed by atoms with Crippen molar-refractivity contribution in [1.82, 2.24) is 0 Å². The quantitative estimate of drug-likeness (QED) is 0.692. The number of aliphatic hydroxyl groups excluding tert-OH is 1. The second-order valence-corrected chi connectivity index (χ2v) is 4.59. The Hall–Kier alpha value is -0.560. The van der Waals surface area contributed by atoms with Crippen molar-refractivity contribution in [3.05, 3.63) is 24.3 Å². The fourth-order valence-corrected chi connectivity index (χ4v) is 1.94. The van der Waals surface area contributed by atoms with E-state index in [1.165, 1.54) is 0 Å². The molecule has 1 aliphatic carbocycles. The first-order valence-corrected chi connectivity index (χ1v) is 5.02. The van der Waals surface area contributed by atoms with Crippen molar-refractivity contribution in [2.24, 2.45) is 17.3 Å². The van der Waals surface area contributed by atoms with Crippen LogP contribution in [0.2, 0.25) is 0 Å². The first-order chi connectivity index (χ1) is 5.98. The molecule has 3 atom stereocenters. The summed E-state index contributed by atoms with van der Waals surface area (Å²) in [6, 6.07) is 0. The van der Waals surface area contributed by atoms with Gasteiger partial charge in [0.15, 0.2) is 0 Å². The van der Waals surface area contributed by atoms with Crippen molar-refractivity contribution < 1.29 is 5.11 Å². The summed E-state index contributed by atoms with van der Waals surface area (Å²) in [5.41, 5.74) is -0.0943. The number of rotatable bonds is 2. The average molecular weight is 180 g/mol. The van der Waals surface area contributed by atoms with Crippen LogP contribution in [-0.4, -0.2) is 11.2 Å². The van der Waals surface area contributed by atoms with Crippen molar-refractivity contribution in [3.8, 4) is 0 Å². The summed E-state index contributed by atoms with van der Waals surface area (Å²) in [6.45, 7) is 8.41. The molecule has 1 rings (SSSR count). The molecular weight excluding hydrogens is 160 g/mol. The van der Waals surface area contributed by atoms with Crippen LogP contribution in [0.1, 0.15) is 27.7 Å². The molecule has 0 fully saturated rings. The molecule has 0 aromatic rings. The zero-order valence-electron chi connectivity index (χ0n) is 8.99. The van der Waals surface area contributed by atoms with E-state index in [2.05, 4.69) is 45.9 Å². The summed E-state index contributed by atoms with van der Waals surface area (Å²) < 4.78 is 0. The van der Waals surface area contributed by atoms with E-state index in [0.717, 1.165) is 0 Å². The van der Waals surface area contributed by atoms with E-state index >= 15 is 0 Å². The molecule has 0 radical (unpaired) electrons. The third kappa shape index (κ3) is 1.86. The highest BCUT2D eigenvalue weighted by Crippen LogP contribution is 2.38. The third-order valence-corrected chi connectivity index (χ3v) is 3.22. The van der Waals surface area contributed by atoms with Gasteiger partial charge in [-0.15, -0.1) is 0 Å². The van der Waals surface area contributed by atoms with Crippen LogP contribution in [0.15, 0.2) is 24.3 Å². The van der Waals surface area contributed by atoms with Gasteiger partial charge in [0.25, 0.3) is 0 Å². The van der Waals surface area contributed by atoms with E-state index in [-0.39, 0.29) is 11.5 Å². The van der Waals surface area contributed by atoms with Crippen molar-refractivity contribution in [2.75, 3.05) is 0 Å². The van der Waals surface area contributed by atoms with Gasteiger partial charge in [-0.1, -0.05) is 52.0 Å². The van der Waals surface area contributed by atoms with Gasteiger partial charge in [-0.05, 0) is 11.8 Å². The van der Waals surface area contributed by atoms with Gasteiger partial charge in [0.1, 0.15) is 0 Å². The Morgan fingerprint density at radius 1 is 1.31 bits per heavy atom. The van der Waals surface area contributed by atoms with Crippen LogP contribution in [0.4, 0.5) is 0 Å². The molecule has 0 saturated carbocycles. The molecule has 74 valence electrons. The summed E-state index contributed by atoms with van der Waals surface area (Å²) in [5, 5.41) is 10.1. The molecule has 0 saturated heterocycles. The molecule has 0 aromatic carbocycles. The Labute approximate surface area is 81.2 Å². The van der Waals surface area contributed by atoms with E-state index in [1.807, 2.05) is 6.08 Å². The van der Waals surface area contributed by atoms with Gasteiger partial charge in [0.05, 0.1) is 6.10 Å². The maximum absolute atomic E-state index is 10.1. The smallest absolute Gasteiger partial charge is 0.0656 e. The molecule has 13 heavy (non-hydrogen) atoms. The van der Waals surface area contributed by atoms with Gasteiger partial charge in [-0.2, -0.15) is 0 Å². The molecule has 3 unspecified atom stereocenters. The molecule has 0 heterocycles. The zero-order chi connectivity index (χ0) is 10.1. The molecule has 0 aliphatic heterocycles. The molecule has 0 bridgehead atoms. The molecular formula is C12H20O. The lowest BCUT2D eigenvalue weighted by Gasteiger charge is -2.39. The Balaban J connectivity index is 2.86. The van der Waals surface area contributed by atoms with Crippen molar-refractivity contribution in [1.29, 1.82) is 0 Å². The van der Waals surface area contributed by atoms with Crippen LogP contribution in [0.25, 0.3) is 0 Å². The molecule has 0 aromatic heterocycles. The standard InChI is InChI=1S/C12H20O/c1-9(2)11(13)12(4)8-6-5-7-10(12)3/h5-11,13H,1-4H3. The average Bonchev–Trinajstić information content (AvgIpc) is 2.09. The topological polar surface area (TPSA) is 20.2 Å². The van der Waals surface area contributed by atoms with E-state index in [0.29, 0.717) is 11.8 Å². The van der Waals surface area contributed by atoms with E-state index < -0.39 is 0 Å². The summed E-state index contributed by atoms with van der Waals surface area (Å²) >= 11 is 0. The minimum Gasteiger partial charge on any atom is -0.392 e. The van der Waals surface area contributed by atoms with Crippen molar-refractivity contribution in [2.45, 2.75) is 33.8 Å². The molecule has 0 amide bonds. The molecule has 1 heteroatoms. The van der Waals surface area contributed by atoms with Crippen molar-refractivity contribution >= 4 is 0 Å². The highest BCUT2D eigenvalue weighted by Gasteiger charge is 2.37. The van der Waals surface area contributed by atoms with Gasteiger partial charge in [0.2, 0.25) is 0 Å². The van der Waals surface area contributed by atoms with Gasteiger partial charge in [-0.25, -0.2) is 0 Å². The van der Waals surface area contributed by atoms with Gasteiger partial charge >= 0.3 is 0 Å². The first-order valence-electron chi connectivity index (χ1n) is 5.02. The summed E-state index contributed by atoms with van der Waals surface area (Å²) in [5.74, 6) is 0.721.